The van der Waals surface area contributed by atoms with Gasteiger partial charge in [-0.05, 0) is 122 Å². The number of benzene rings is 9. The molecule has 0 radical (unpaired) electrons. The van der Waals surface area contributed by atoms with Crippen LogP contribution >= 0.6 is 0 Å². The Morgan fingerprint density at radius 1 is 0.327 bits per heavy atom. The van der Waals surface area contributed by atoms with Gasteiger partial charge in [0.2, 0.25) is 0 Å². The average molecular weight is 699 g/mol. The minimum absolute atomic E-state index is 0.970. The van der Waals surface area contributed by atoms with E-state index in [2.05, 4.69) is 203 Å². The van der Waals surface area contributed by atoms with Crippen LogP contribution in [0.25, 0.3) is 99.1 Å². The van der Waals surface area contributed by atoms with Gasteiger partial charge in [-0.1, -0.05) is 133 Å². The van der Waals surface area contributed by atoms with Crippen LogP contribution in [0.3, 0.4) is 0 Å². The van der Waals surface area contributed by atoms with Crippen molar-refractivity contribution in [3.8, 4) is 44.8 Å². The second-order valence-electron chi connectivity index (χ2n) is 14.9. The van der Waals surface area contributed by atoms with E-state index in [1.165, 1.54) is 110 Å². The quantitative estimate of drug-likeness (QED) is 0.173. The fourth-order valence-electron chi connectivity index (χ4n) is 9.37. The van der Waals surface area contributed by atoms with Crippen molar-refractivity contribution < 1.29 is 0 Å². The van der Waals surface area contributed by atoms with Crippen molar-refractivity contribution in [1.82, 2.24) is 9.13 Å². The lowest BCUT2D eigenvalue weighted by Gasteiger charge is -2.11. The predicted molar refractivity (Wildman–Crippen MR) is 232 cm³/mol. The molecule has 2 heteroatoms. The minimum atomic E-state index is 0.970. The molecule has 0 saturated heterocycles. The number of para-hydroxylation sites is 1. The lowest BCUT2D eigenvalue weighted by Crippen LogP contribution is -1.94. The third-order valence-electron chi connectivity index (χ3n) is 11.9. The fraction of sp³-hybridized carbons (Fsp3) is 0.0189. The molecule has 0 aliphatic heterocycles. The molecule has 9 aromatic carbocycles. The Morgan fingerprint density at radius 3 is 1.78 bits per heavy atom. The predicted octanol–water partition coefficient (Wildman–Crippen LogP) is 13.9. The summed E-state index contributed by atoms with van der Waals surface area (Å²) in [5.74, 6) is 0. The molecule has 55 heavy (non-hydrogen) atoms. The van der Waals surface area contributed by atoms with Gasteiger partial charge >= 0.3 is 0 Å². The smallest absolute Gasteiger partial charge is 0.0547 e. The van der Waals surface area contributed by atoms with Crippen LogP contribution in [0.15, 0.2) is 194 Å². The molecule has 1 aliphatic carbocycles. The molecule has 0 atom stereocenters. The summed E-state index contributed by atoms with van der Waals surface area (Å²) in [5.41, 5.74) is 17.7. The van der Waals surface area contributed by atoms with E-state index in [-0.39, 0.29) is 0 Å². The molecule has 256 valence electrons. The third-order valence-corrected chi connectivity index (χ3v) is 11.9. The maximum Gasteiger partial charge on any atom is 0.0547 e. The van der Waals surface area contributed by atoms with Crippen molar-refractivity contribution in [3.05, 3.63) is 205 Å². The summed E-state index contributed by atoms with van der Waals surface area (Å²) in [6, 6.07) is 71.7. The van der Waals surface area contributed by atoms with Crippen LogP contribution in [0.2, 0.25) is 0 Å². The van der Waals surface area contributed by atoms with Gasteiger partial charge in [0.05, 0.1) is 22.1 Å². The molecule has 0 bridgehead atoms. The maximum atomic E-state index is 2.46. The highest BCUT2D eigenvalue weighted by atomic mass is 15.0. The molecule has 0 unspecified atom stereocenters. The Hall–Kier alpha value is -7.16. The first-order valence-corrected chi connectivity index (χ1v) is 19.1. The van der Waals surface area contributed by atoms with E-state index in [0.717, 1.165) is 6.42 Å². The van der Waals surface area contributed by atoms with Crippen molar-refractivity contribution in [2.45, 2.75) is 6.42 Å². The first kappa shape index (κ1) is 30.3. The first-order chi connectivity index (χ1) is 27.3. The molecule has 2 heterocycles. The lowest BCUT2D eigenvalue weighted by atomic mass is 9.96. The second kappa shape index (κ2) is 11.7. The highest BCUT2D eigenvalue weighted by Gasteiger charge is 2.25. The number of rotatable bonds is 4. The monoisotopic (exact) mass is 698 g/mol. The van der Waals surface area contributed by atoms with Crippen molar-refractivity contribution in [1.29, 1.82) is 0 Å². The molecular weight excluding hydrogens is 665 g/mol. The van der Waals surface area contributed by atoms with Crippen LogP contribution in [0.5, 0.6) is 0 Å². The molecule has 2 aromatic heterocycles. The molecular formula is C53H34N2. The molecule has 0 N–H and O–H groups in total. The Labute approximate surface area is 318 Å². The summed E-state index contributed by atoms with van der Waals surface area (Å²) in [4.78, 5) is 0. The van der Waals surface area contributed by atoms with Crippen LogP contribution in [0.1, 0.15) is 11.1 Å². The van der Waals surface area contributed by atoms with Gasteiger partial charge in [-0.25, -0.2) is 0 Å². The molecule has 1 aliphatic rings. The van der Waals surface area contributed by atoms with Gasteiger partial charge in [0, 0.05) is 32.9 Å². The molecule has 11 aromatic rings. The molecule has 0 spiro atoms. The largest absolute Gasteiger partial charge is 0.309 e. The summed E-state index contributed by atoms with van der Waals surface area (Å²) >= 11 is 0. The molecule has 0 amide bonds. The van der Waals surface area contributed by atoms with Crippen LogP contribution in [-0.4, -0.2) is 9.13 Å². The number of hydrogen-bond donors (Lipinski definition) is 0. The Morgan fingerprint density at radius 2 is 0.927 bits per heavy atom. The van der Waals surface area contributed by atoms with Gasteiger partial charge in [0.25, 0.3) is 0 Å². The van der Waals surface area contributed by atoms with Crippen LogP contribution in [-0.2, 0) is 6.42 Å². The van der Waals surface area contributed by atoms with E-state index < -0.39 is 0 Å². The maximum absolute atomic E-state index is 2.46. The normalized spacial score (nSPS) is 12.3. The zero-order valence-electron chi connectivity index (χ0n) is 30.1. The molecule has 2 nitrogen and oxygen atoms in total. The van der Waals surface area contributed by atoms with Gasteiger partial charge in [0.1, 0.15) is 0 Å². The van der Waals surface area contributed by atoms with Crippen molar-refractivity contribution in [2.75, 3.05) is 0 Å². The van der Waals surface area contributed by atoms with Crippen LogP contribution in [0, 0.1) is 0 Å². The SMILES string of the molecule is c1ccc(-c2ccc(-n3c4ccc(-c5ccc6c(c5)c5ccccc5n6-c5ccc6ccccc6c5)cc4c4c5c(ccc43)Cc3ccccc3-5)cc2)cc1. The van der Waals surface area contributed by atoms with Gasteiger partial charge < -0.3 is 9.13 Å². The van der Waals surface area contributed by atoms with Crippen molar-refractivity contribution in [2.24, 2.45) is 0 Å². The Bertz CT molecular complexity index is 3320. The standard InChI is InChI=1S/C53H34N2/c1-2-10-34(11-3-1)36-18-24-42(25-19-36)54-50-28-22-39(33-47(50)53-51(54)29-23-41-30-40-14-6-7-15-44(40)52(41)53)38-21-27-49-46(32-38)45-16-8-9-17-48(45)55(49)43-26-20-35-12-4-5-13-37(35)31-43/h1-29,31-33H,30H2. The number of aromatic nitrogens is 2. The zero-order valence-corrected chi connectivity index (χ0v) is 30.1. The number of fused-ring (bicyclic) bond motifs is 11. The summed E-state index contributed by atoms with van der Waals surface area (Å²) in [5, 5.41) is 7.64. The highest BCUT2D eigenvalue weighted by molar-refractivity contribution is 6.18. The van der Waals surface area contributed by atoms with Crippen LogP contribution < -0.4 is 0 Å². The highest BCUT2D eigenvalue weighted by Crippen LogP contribution is 2.47. The zero-order chi connectivity index (χ0) is 36.0. The second-order valence-corrected chi connectivity index (χ2v) is 14.9. The fourth-order valence-corrected chi connectivity index (χ4v) is 9.37. The summed E-state index contributed by atoms with van der Waals surface area (Å²) in [7, 11) is 0. The van der Waals surface area contributed by atoms with E-state index >= 15 is 0 Å². The van der Waals surface area contributed by atoms with Crippen molar-refractivity contribution >= 4 is 54.4 Å². The van der Waals surface area contributed by atoms with E-state index in [1.54, 1.807) is 0 Å². The van der Waals surface area contributed by atoms with Gasteiger partial charge in [0.15, 0.2) is 0 Å². The van der Waals surface area contributed by atoms with Gasteiger partial charge in [-0.3, -0.25) is 0 Å². The van der Waals surface area contributed by atoms with Gasteiger partial charge in [-0.2, -0.15) is 0 Å². The number of nitrogens with zero attached hydrogens (tertiary/aromatic N) is 2. The first-order valence-electron chi connectivity index (χ1n) is 19.1. The lowest BCUT2D eigenvalue weighted by molar-refractivity contribution is 1.18. The summed E-state index contributed by atoms with van der Waals surface area (Å²) in [6.45, 7) is 0. The molecule has 0 fully saturated rings. The van der Waals surface area contributed by atoms with E-state index in [0.29, 0.717) is 0 Å². The van der Waals surface area contributed by atoms with E-state index in [4.69, 9.17) is 0 Å². The van der Waals surface area contributed by atoms with Crippen LogP contribution in [0.4, 0.5) is 0 Å². The van der Waals surface area contributed by atoms with Crippen molar-refractivity contribution in [3.63, 3.8) is 0 Å². The third kappa shape index (κ3) is 4.55. The Balaban J connectivity index is 1.07. The minimum Gasteiger partial charge on any atom is -0.309 e. The van der Waals surface area contributed by atoms with E-state index in [9.17, 15) is 0 Å². The molecule has 12 rings (SSSR count). The topological polar surface area (TPSA) is 9.86 Å². The van der Waals surface area contributed by atoms with E-state index in [1.807, 2.05) is 0 Å². The van der Waals surface area contributed by atoms with Gasteiger partial charge in [-0.15, -0.1) is 0 Å². The average Bonchev–Trinajstić information content (AvgIpc) is 3.91. The molecule has 0 saturated carbocycles. The Kier molecular flexibility index (Phi) is 6.43. The summed E-state index contributed by atoms with van der Waals surface area (Å²) in [6.07, 6.45) is 0.970. The summed E-state index contributed by atoms with van der Waals surface area (Å²) < 4.78 is 4.88. The number of hydrogen-bond acceptors (Lipinski definition) is 0.